The third-order valence-electron chi connectivity index (χ3n) is 2.15. The van der Waals surface area contributed by atoms with Crippen molar-refractivity contribution in [3.05, 3.63) is 33.1 Å². The van der Waals surface area contributed by atoms with Crippen molar-refractivity contribution < 1.29 is 8.42 Å². The molecule has 0 atom stereocenters. The molecule has 0 fully saturated rings. The summed E-state index contributed by atoms with van der Waals surface area (Å²) >= 11 is 14.7. The standard InChI is InChI=1S/C9H7BrCl2N4O2S/c1-16-9(7(11)4-14-16)19(17,18)15-5-2-6(10)8(12)13-3-5/h2-4,15H,1H3. The van der Waals surface area contributed by atoms with Crippen LogP contribution >= 0.6 is 39.1 Å². The van der Waals surface area contributed by atoms with Crippen LogP contribution in [0.15, 0.2) is 28.0 Å². The van der Waals surface area contributed by atoms with Crippen LogP contribution in [0.5, 0.6) is 0 Å². The van der Waals surface area contributed by atoms with E-state index in [4.69, 9.17) is 23.2 Å². The maximum Gasteiger partial charge on any atom is 0.280 e. The molecule has 0 aliphatic heterocycles. The average molecular weight is 386 g/mol. The van der Waals surface area contributed by atoms with Crippen LogP contribution in [-0.4, -0.2) is 23.2 Å². The first-order chi connectivity index (χ1) is 8.81. The number of halogens is 3. The molecule has 0 saturated carbocycles. The van der Waals surface area contributed by atoms with Gasteiger partial charge in [0.25, 0.3) is 10.0 Å². The number of sulfonamides is 1. The number of nitrogens with zero attached hydrogens (tertiary/aromatic N) is 3. The zero-order chi connectivity index (χ0) is 14.2. The van der Waals surface area contributed by atoms with Crippen molar-refractivity contribution in [2.75, 3.05) is 4.72 Å². The highest BCUT2D eigenvalue weighted by Crippen LogP contribution is 2.26. The second kappa shape index (κ2) is 5.28. The zero-order valence-electron chi connectivity index (χ0n) is 9.43. The topological polar surface area (TPSA) is 76.9 Å². The van der Waals surface area contributed by atoms with E-state index in [0.29, 0.717) is 4.47 Å². The number of hydrogen-bond donors (Lipinski definition) is 1. The summed E-state index contributed by atoms with van der Waals surface area (Å²) in [5.74, 6) is 0. The van der Waals surface area contributed by atoms with Gasteiger partial charge in [-0.2, -0.15) is 13.5 Å². The lowest BCUT2D eigenvalue weighted by molar-refractivity contribution is 0.582. The number of aryl methyl sites for hydroxylation is 1. The lowest BCUT2D eigenvalue weighted by Crippen LogP contribution is -2.17. The third-order valence-corrected chi connectivity index (χ3v) is 5.17. The summed E-state index contributed by atoms with van der Waals surface area (Å²) in [6.07, 6.45) is 2.56. The molecule has 1 N–H and O–H groups in total. The second-order valence-corrected chi connectivity index (χ2v) is 6.74. The molecule has 6 nitrogen and oxygen atoms in total. The largest absolute Gasteiger partial charge is 0.280 e. The highest BCUT2D eigenvalue weighted by molar-refractivity contribution is 9.10. The summed E-state index contributed by atoms with van der Waals surface area (Å²) in [6.45, 7) is 0. The number of nitrogens with one attached hydrogen (secondary N) is 1. The maximum atomic E-state index is 12.2. The van der Waals surface area contributed by atoms with E-state index in [1.165, 1.54) is 30.2 Å². The lowest BCUT2D eigenvalue weighted by atomic mass is 10.4. The van der Waals surface area contributed by atoms with Crippen LogP contribution in [0.4, 0.5) is 5.69 Å². The van der Waals surface area contributed by atoms with Gasteiger partial charge in [0, 0.05) is 7.05 Å². The molecule has 0 aliphatic carbocycles. The molecule has 2 rings (SSSR count). The lowest BCUT2D eigenvalue weighted by Gasteiger charge is -2.09. The quantitative estimate of drug-likeness (QED) is 0.824. The first kappa shape index (κ1) is 14.6. The number of hydrogen-bond acceptors (Lipinski definition) is 4. The molecule has 10 heteroatoms. The van der Waals surface area contributed by atoms with Gasteiger partial charge in [0.05, 0.1) is 27.6 Å². The summed E-state index contributed by atoms with van der Waals surface area (Å²) in [7, 11) is -2.36. The molecule has 0 aromatic carbocycles. The summed E-state index contributed by atoms with van der Waals surface area (Å²) in [5, 5.41) is 3.93. The van der Waals surface area contributed by atoms with E-state index in [0.717, 1.165) is 0 Å². The molecule has 0 amide bonds. The monoisotopic (exact) mass is 384 g/mol. The predicted octanol–water partition coefficient (Wildman–Crippen LogP) is 2.69. The molecule has 0 saturated heterocycles. The summed E-state index contributed by atoms with van der Waals surface area (Å²) in [5.41, 5.74) is 0.258. The van der Waals surface area contributed by atoms with Gasteiger partial charge >= 0.3 is 0 Å². The second-order valence-electron chi connectivity index (χ2n) is 3.52. The smallest absolute Gasteiger partial charge is 0.277 e. The van der Waals surface area contributed by atoms with E-state index in [-0.39, 0.29) is 20.9 Å². The van der Waals surface area contributed by atoms with Gasteiger partial charge < -0.3 is 0 Å². The minimum Gasteiger partial charge on any atom is -0.277 e. The van der Waals surface area contributed by atoms with Crippen molar-refractivity contribution in [2.45, 2.75) is 5.03 Å². The van der Waals surface area contributed by atoms with Gasteiger partial charge in [0.2, 0.25) is 0 Å². The molecule has 102 valence electrons. The van der Waals surface area contributed by atoms with E-state index in [1.807, 2.05) is 0 Å². The minimum atomic E-state index is -3.85. The fraction of sp³-hybridized carbons (Fsp3) is 0.111. The third kappa shape index (κ3) is 3.02. The SMILES string of the molecule is Cn1ncc(Cl)c1S(=O)(=O)Nc1cnc(Cl)c(Br)c1. The highest BCUT2D eigenvalue weighted by Gasteiger charge is 2.23. The summed E-state index contributed by atoms with van der Waals surface area (Å²) in [4.78, 5) is 3.83. The van der Waals surface area contributed by atoms with Gasteiger partial charge in [0.15, 0.2) is 5.03 Å². The molecule has 0 unspecified atom stereocenters. The van der Waals surface area contributed by atoms with Crippen molar-refractivity contribution in [3.8, 4) is 0 Å². The molecule has 0 aliphatic rings. The maximum absolute atomic E-state index is 12.2. The van der Waals surface area contributed by atoms with Crippen molar-refractivity contribution in [3.63, 3.8) is 0 Å². The Bertz CT molecular complexity index is 712. The van der Waals surface area contributed by atoms with Gasteiger partial charge in [-0.05, 0) is 22.0 Å². The molecule has 0 radical (unpaired) electrons. The Hall–Kier alpha value is -0.830. The summed E-state index contributed by atoms with van der Waals surface area (Å²) in [6, 6.07) is 1.50. The van der Waals surface area contributed by atoms with Gasteiger partial charge in [-0.1, -0.05) is 23.2 Å². The van der Waals surface area contributed by atoms with Crippen LogP contribution in [0, 0.1) is 0 Å². The van der Waals surface area contributed by atoms with Gasteiger partial charge in [0.1, 0.15) is 5.15 Å². The average Bonchev–Trinajstić information content (AvgIpc) is 2.64. The summed E-state index contributed by atoms with van der Waals surface area (Å²) < 4.78 is 28.3. The first-order valence-electron chi connectivity index (χ1n) is 4.82. The fourth-order valence-electron chi connectivity index (χ4n) is 1.38. The van der Waals surface area contributed by atoms with Crippen molar-refractivity contribution in [2.24, 2.45) is 7.05 Å². The van der Waals surface area contributed by atoms with Crippen LogP contribution in [0.3, 0.4) is 0 Å². The number of rotatable bonds is 3. The van der Waals surface area contributed by atoms with Gasteiger partial charge in [-0.25, -0.2) is 4.98 Å². The number of pyridine rings is 1. The van der Waals surface area contributed by atoms with Crippen molar-refractivity contribution in [1.82, 2.24) is 14.8 Å². The fourth-order valence-corrected chi connectivity index (χ4v) is 3.53. The molecule has 0 spiro atoms. The van der Waals surface area contributed by atoms with Crippen LogP contribution in [-0.2, 0) is 17.1 Å². The normalized spacial score (nSPS) is 11.6. The van der Waals surface area contributed by atoms with Crippen molar-refractivity contribution >= 4 is 54.8 Å². The Labute approximate surface area is 127 Å². The van der Waals surface area contributed by atoms with E-state index < -0.39 is 10.0 Å². The molecule has 0 bridgehead atoms. The van der Waals surface area contributed by atoms with E-state index >= 15 is 0 Å². The Morgan fingerprint density at radius 3 is 2.58 bits per heavy atom. The highest BCUT2D eigenvalue weighted by atomic mass is 79.9. The predicted molar refractivity (Wildman–Crippen MR) is 76.0 cm³/mol. The molecule has 2 aromatic heterocycles. The molecule has 2 heterocycles. The number of anilines is 1. The van der Waals surface area contributed by atoms with Crippen LogP contribution in [0.2, 0.25) is 10.2 Å². The van der Waals surface area contributed by atoms with Gasteiger partial charge in [-0.15, -0.1) is 0 Å². The van der Waals surface area contributed by atoms with E-state index in [2.05, 4.69) is 30.7 Å². The molecular weight excluding hydrogens is 379 g/mol. The Kier molecular flexibility index (Phi) is 4.05. The van der Waals surface area contributed by atoms with E-state index in [1.54, 1.807) is 0 Å². The Balaban J connectivity index is 2.39. The van der Waals surface area contributed by atoms with Crippen LogP contribution in [0.25, 0.3) is 0 Å². The number of aromatic nitrogens is 3. The first-order valence-corrected chi connectivity index (χ1v) is 7.86. The molecular formula is C9H7BrCl2N4O2S. The minimum absolute atomic E-state index is 0.0380. The van der Waals surface area contributed by atoms with Crippen LogP contribution in [0.1, 0.15) is 0 Å². The van der Waals surface area contributed by atoms with Crippen LogP contribution < -0.4 is 4.72 Å². The molecule has 19 heavy (non-hydrogen) atoms. The van der Waals surface area contributed by atoms with Crippen molar-refractivity contribution in [1.29, 1.82) is 0 Å². The van der Waals surface area contributed by atoms with Gasteiger partial charge in [-0.3, -0.25) is 9.40 Å². The Morgan fingerprint density at radius 2 is 2.05 bits per heavy atom. The Morgan fingerprint density at radius 1 is 1.37 bits per heavy atom. The molecule has 2 aromatic rings. The zero-order valence-corrected chi connectivity index (χ0v) is 13.3. The van der Waals surface area contributed by atoms with E-state index in [9.17, 15) is 8.42 Å².